The van der Waals surface area contributed by atoms with Crippen LogP contribution in [0.3, 0.4) is 0 Å². The number of aromatic hydroxyl groups is 1. The maximum atomic E-state index is 9.70. The highest BCUT2D eigenvalue weighted by atomic mass is 16.3. The molecule has 70 valence electrons. The molecule has 1 heteroatoms. The van der Waals surface area contributed by atoms with E-state index in [1.54, 1.807) is 0 Å². The zero-order valence-electron chi connectivity index (χ0n) is 8.52. The van der Waals surface area contributed by atoms with Crippen LogP contribution in [-0.2, 0) is 6.42 Å². The van der Waals surface area contributed by atoms with Gasteiger partial charge in [0.25, 0.3) is 0 Å². The summed E-state index contributed by atoms with van der Waals surface area (Å²) < 4.78 is 0. The van der Waals surface area contributed by atoms with Crippen LogP contribution in [0, 0.1) is 20.8 Å². The molecule has 1 nitrogen and oxygen atoms in total. The molecule has 0 saturated heterocycles. The molecule has 1 N–H and O–H groups in total. The van der Waals surface area contributed by atoms with Crippen molar-refractivity contribution in [2.75, 3.05) is 0 Å². The Balaban J connectivity index is 3.34. The van der Waals surface area contributed by atoms with Crippen molar-refractivity contribution in [3.8, 4) is 5.75 Å². The second-order valence-electron chi connectivity index (χ2n) is 3.46. The molecule has 0 atom stereocenters. The van der Waals surface area contributed by atoms with Gasteiger partial charge in [0.15, 0.2) is 0 Å². The minimum atomic E-state index is 0.419. The lowest BCUT2D eigenvalue weighted by atomic mass is 9.96. The maximum absolute atomic E-state index is 9.70. The first kappa shape index (κ1) is 9.85. The molecule has 0 unspecified atom stereocenters. The van der Waals surface area contributed by atoms with E-state index in [9.17, 15) is 5.11 Å². The van der Waals surface area contributed by atoms with Crippen LogP contribution >= 0.6 is 0 Å². The molecule has 0 amide bonds. The Morgan fingerprint density at radius 3 is 2.46 bits per heavy atom. The Hall–Kier alpha value is -1.24. The zero-order valence-corrected chi connectivity index (χ0v) is 8.52. The van der Waals surface area contributed by atoms with Crippen molar-refractivity contribution in [1.29, 1.82) is 0 Å². The highest BCUT2D eigenvalue weighted by Crippen LogP contribution is 2.27. The Labute approximate surface area is 79.7 Å². The number of allylic oxidation sites excluding steroid dienone is 1. The lowest BCUT2D eigenvalue weighted by Crippen LogP contribution is -1.94. The van der Waals surface area contributed by atoms with E-state index in [1.165, 1.54) is 11.1 Å². The molecular formula is C12H16O. The van der Waals surface area contributed by atoms with Gasteiger partial charge in [-0.15, -0.1) is 6.58 Å². The Morgan fingerprint density at radius 1 is 1.31 bits per heavy atom. The molecule has 0 fully saturated rings. The minimum Gasteiger partial charge on any atom is -0.507 e. The molecule has 0 aliphatic rings. The van der Waals surface area contributed by atoms with Crippen molar-refractivity contribution < 1.29 is 5.11 Å². The van der Waals surface area contributed by atoms with Crippen molar-refractivity contribution >= 4 is 0 Å². The van der Waals surface area contributed by atoms with Gasteiger partial charge in [-0.3, -0.25) is 0 Å². The second-order valence-corrected chi connectivity index (χ2v) is 3.46. The van der Waals surface area contributed by atoms with E-state index in [-0.39, 0.29) is 0 Å². The topological polar surface area (TPSA) is 20.2 Å². The maximum Gasteiger partial charge on any atom is 0.121 e. The van der Waals surface area contributed by atoms with Gasteiger partial charge in [0.05, 0.1) is 0 Å². The molecule has 0 bridgehead atoms. The largest absolute Gasteiger partial charge is 0.507 e. The number of aryl methyl sites for hydroxylation is 2. The summed E-state index contributed by atoms with van der Waals surface area (Å²) in [7, 11) is 0. The first-order valence-corrected chi connectivity index (χ1v) is 4.47. The lowest BCUT2D eigenvalue weighted by molar-refractivity contribution is 0.466. The highest BCUT2D eigenvalue weighted by molar-refractivity contribution is 5.48. The average Bonchev–Trinajstić information content (AvgIpc) is 2.09. The number of phenols is 1. The van der Waals surface area contributed by atoms with E-state index < -0.39 is 0 Å². The Kier molecular flexibility index (Phi) is 2.76. The predicted molar refractivity (Wildman–Crippen MR) is 56.2 cm³/mol. The molecular weight excluding hydrogens is 160 g/mol. The summed E-state index contributed by atoms with van der Waals surface area (Å²) in [5, 5.41) is 9.70. The van der Waals surface area contributed by atoms with Crippen LogP contribution in [0.15, 0.2) is 18.7 Å². The lowest BCUT2D eigenvalue weighted by Gasteiger charge is -2.11. The average molecular weight is 176 g/mol. The fourth-order valence-corrected chi connectivity index (χ4v) is 1.67. The zero-order chi connectivity index (χ0) is 10.0. The number of rotatable bonds is 2. The van der Waals surface area contributed by atoms with Crippen molar-refractivity contribution in [3.63, 3.8) is 0 Å². The van der Waals surface area contributed by atoms with E-state index >= 15 is 0 Å². The van der Waals surface area contributed by atoms with Crippen LogP contribution in [0.5, 0.6) is 5.75 Å². The van der Waals surface area contributed by atoms with Gasteiger partial charge >= 0.3 is 0 Å². The SMILES string of the molecule is C=CCc1c(C)cc(C)c(O)c1C. The standard InChI is InChI=1S/C12H16O/c1-5-6-11-8(2)7-9(3)12(13)10(11)4/h5,7,13H,1,6H2,2-4H3. The van der Waals surface area contributed by atoms with Gasteiger partial charge in [-0.25, -0.2) is 0 Å². The monoisotopic (exact) mass is 176 g/mol. The second kappa shape index (κ2) is 3.65. The van der Waals surface area contributed by atoms with Crippen molar-refractivity contribution in [1.82, 2.24) is 0 Å². The molecule has 0 aliphatic carbocycles. The van der Waals surface area contributed by atoms with Crippen molar-refractivity contribution in [2.24, 2.45) is 0 Å². The summed E-state index contributed by atoms with van der Waals surface area (Å²) in [6.07, 6.45) is 2.69. The van der Waals surface area contributed by atoms with Gasteiger partial charge in [0, 0.05) is 0 Å². The molecule has 0 aromatic heterocycles. The van der Waals surface area contributed by atoms with E-state index in [1.807, 2.05) is 26.0 Å². The first-order chi connectivity index (χ1) is 6.07. The molecule has 0 heterocycles. The smallest absolute Gasteiger partial charge is 0.121 e. The van der Waals surface area contributed by atoms with E-state index in [4.69, 9.17) is 0 Å². The van der Waals surface area contributed by atoms with Crippen LogP contribution in [-0.4, -0.2) is 5.11 Å². The molecule has 1 aromatic carbocycles. The molecule has 1 rings (SSSR count). The summed E-state index contributed by atoms with van der Waals surface area (Å²) in [5.41, 5.74) is 4.35. The van der Waals surface area contributed by atoms with E-state index in [0.29, 0.717) is 5.75 Å². The van der Waals surface area contributed by atoms with E-state index in [0.717, 1.165) is 17.5 Å². The number of hydrogen-bond acceptors (Lipinski definition) is 1. The molecule has 1 aromatic rings. The van der Waals surface area contributed by atoms with E-state index in [2.05, 4.69) is 13.5 Å². The van der Waals surface area contributed by atoms with Crippen LogP contribution in [0.4, 0.5) is 0 Å². The summed E-state index contributed by atoms with van der Waals surface area (Å²) >= 11 is 0. The Bertz CT molecular complexity index is 337. The number of benzene rings is 1. The number of hydrogen-bond donors (Lipinski definition) is 1. The predicted octanol–water partition coefficient (Wildman–Crippen LogP) is 3.05. The fraction of sp³-hybridized carbons (Fsp3) is 0.333. The third-order valence-electron chi connectivity index (χ3n) is 2.44. The van der Waals surface area contributed by atoms with Gasteiger partial charge in [-0.2, -0.15) is 0 Å². The fourth-order valence-electron chi connectivity index (χ4n) is 1.67. The van der Waals surface area contributed by atoms with Crippen LogP contribution in [0.2, 0.25) is 0 Å². The van der Waals surface area contributed by atoms with Gasteiger partial charge in [0.2, 0.25) is 0 Å². The minimum absolute atomic E-state index is 0.419. The molecule has 0 aliphatic heterocycles. The molecule has 0 radical (unpaired) electrons. The highest BCUT2D eigenvalue weighted by Gasteiger charge is 2.07. The van der Waals surface area contributed by atoms with Crippen LogP contribution < -0.4 is 0 Å². The molecule has 13 heavy (non-hydrogen) atoms. The first-order valence-electron chi connectivity index (χ1n) is 4.47. The summed E-state index contributed by atoms with van der Waals surface area (Å²) in [5.74, 6) is 0.419. The van der Waals surface area contributed by atoms with Gasteiger partial charge in [0.1, 0.15) is 5.75 Å². The normalized spacial score (nSPS) is 10.1. The third-order valence-corrected chi connectivity index (χ3v) is 2.44. The third kappa shape index (κ3) is 1.74. The summed E-state index contributed by atoms with van der Waals surface area (Å²) in [4.78, 5) is 0. The quantitative estimate of drug-likeness (QED) is 0.687. The molecule has 0 spiro atoms. The van der Waals surface area contributed by atoms with Gasteiger partial charge < -0.3 is 5.11 Å². The summed E-state index contributed by atoms with van der Waals surface area (Å²) in [6.45, 7) is 9.65. The van der Waals surface area contributed by atoms with Crippen LogP contribution in [0.25, 0.3) is 0 Å². The summed E-state index contributed by atoms with van der Waals surface area (Å²) in [6, 6.07) is 2.02. The van der Waals surface area contributed by atoms with Gasteiger partial charge in [-0.05, 0) is 49.4 Å². The van der Waals surface area contributed by atoms with Crippen molar-refractivity contribution in [2.45, 2.75) is 27.2 Å². The van der Waals surface area contributed by atoms with Crippen molar-refractivity contribution in [3.05, 3.63) is 41.0 Å². The van der Waals surface area contributed by atoms with Crippen LogP contribution in [0.1, 0.15) is 22.3 Å². The number of phenolic OH excluding ortho intramolecular Hbond substituents is 1. The van der Waals surface area contributed by atoms with Gasteiger partial charge in [-0.1, -0.05) is 12.1 Å². The Morgan fingerprint density at radius 2 is 1.92 bits per heavy atom. The molecule has 0 saturated carbocycles.